The van der Waals surface area contributed by atoms with Crippen molar-refractivity contribution >= 4 is 29.2 Å². The number of para-hydroxylation sites is 1. The van der Waals surface area contributed by atoms with Crippen LogP contribution in [0.3, 0.4) is 0 Å². The highest BCUT2D eigenvalue weighted by Crippen LogP contribution is 2.47. The summed E-state index contributed by atoms with van der Waals surface area (Å²) in [5.74, 6) is -1.30. The molecule has 0 aromatic heterocycles. The fourth-order valence-corrected chi connectivity index (χ4v) is 2.87. The van der Waals surface area contributed by atoms with Crippen LogP contribution < -0.4 is 10.6 Å². The van der Waals surface area contributed by atoms with Gasteiger partial charge in [-0.3, -0.25) is 9.59 Å². The molecule has 1 saturated carbocycles. The lowest BCUT2D eigenvalue weighted by atomic mass is 10.0. The van der Waals surface area contributed by atoms with Gasteiger partial charge in [-0.15, -0.1) is 0 Å². The summed E-state index contributed by atoms with van der Waals surface area (Å²) in [6.07, 6.45) is 0.936. The van der Waals surface area contributed by atoms with Crippen molar-refractivity contribution in [3.8, 4) is 0 Å². The van der Waals surface area contributed by atoms with Crippen LogP contribution in [0.5, 0.6) is 0 Å². The van der Waals surface area contributed by atoms with E-state index in [0.717, 1.165) is 11.1 Å². The van der Waals surface area contributed by atoms with Gasteiger partial charge < -0.3 is 15.4 Å². The number of nitrogens with one attached hydrogen (secondary N) is 2. The summed E-state index contributed by atoms with van der Waals surface area (Å²) in [4.78, 5) is 37.4. The van der Waals surface area contributed by atoms with Crippen LogP contribution >= 0.6 is 0 Å². The van der Waals surface area contributed by atoms with Crippen LogP contribution in [0, 0.1) is 19.3 Å². The molecule has 0 aliphatic heterocycles. The summed E-state index contributed by atoms with van der Waals surface area (Å²) in [6, 6.07) is 12.2. The molecule has 140 valence electrons. The molecule has 2 aromatic carbocycles. The van der Waals surface area contributed by atoms with E-state index < -0.39 is 17.3 Å². The third-order valence-corrected chi connectivity index (χ3v) is 4.96. The van der Waals surface area contributed by atoms with Gasteiger partial charge in [0.25, 0.3) is 0 Å². The number of ether oxygens (including phenoxy) is 1. The first kappa shape index (κ1) is 18.6. The number of esters is 1. The molecule has 0 saturated heterocycles. The molecule has 3 rings (SSSR count). The van der Waals surface area contributed by atoms with Crippen molar-refractivity contribution in [1.82, 2.24) is 0 Å². The molecule has 27 heavy (non-hydrogen) atoms. The van der Waals surface area contributed by atoms with Crippen LogP contribution in [-0.4, -0.2) is 24.9 Å². The lowest BCUT2D eigenvalue weighted by Crippen LogP contribution is -2.36. The summed E-state index contributed by atoms with van der Waals surface area (Å²) in [6.45, 7) is 3.96. The SMILES string of the molecule is COC(=O)c1ccccc1NC(=O)C1(C(=O)Nc2ccc(C)c(C)c2)CC1. The van der Waals surface area contributed by atoms with Crippen LogP contribution in [-0.2, 0) is 14.3 Å². The Bertz CT molecular complexity index is 916. The summed E-state index contributed by atoms with van der Waals surface area (Å²) in [5.41, 5.74) is 2.33. The van der Waals surface area contributed by atoms with E-state index in [1.165, 1.54) is 7.11 Å². The molecule has 2 amide bonds. The normalized spacial score (nSPS) is 14.2. The van der Waals surface area contributed by atoms with Gasteiger partial charge in [0.05, 0.1) is 18.4 Å². The highest BCUT2D eigenvalue weighted by Gasteiger charge is 2.56. The van der Waals surface area contributed by atoms with Gasteiger partial charge in [0.15, 0.2) is 0 Å². The van der Waals surface area contributed by atoms with Gasteiger partial charge in [-0.05, 0) is 62.1 Å². The maximum Gasteiger partial charge on any atom is 0.339 e. The summed E-state index contributed by atoms with van der Waals surface area (Å²) in [5, 5.41) is 5.55. The van der Waals surface area contributed by atoms with Gasteiger partial charge in [-0.25, -0.2) is 4.79 Å². The first-order valence-electron chi connectivity index (χ1n) is 8.75. The summed E-state index contributed by atoms with van der Waals surface area (Å²) < 4.78 is 4.74. The number of aryl methyl sites for hydroxylation is 2. The van der Waals surface area contributed by atoms with E-state index >= 15 is 0 Å². The van der Waals surface area contributed by atoms with Gasteiger partial charge in [0.1, 0.15) is 5.41 Å². The van der Waals surface area contributed by atoms with E-state index in [1.54, 1.807) is 24.3 Å². The van der Waals surface area contributed by atoms with E-state index in [0.29, 0.717) is 24.2 Å². The standard InChI is InChI=1S/C21H22N2O4/c1-13-8-9-15(12-14(13)2)22-19(25)21(10-11-21)20(26)23-17-7-5-4-6-16(17)18(24)27-3/h4-9,12H,10-11H2,1-3H3,(H,22,25)(H,23,26). The first-order chi connectivity index (χ1) is 12.9. The smallest absolute Gasteiger partial charge is 0.339 e. The van der Waals surface area contributed by atoms with Crippen molar-refractivity contribution in [1.29, 1.82) is 0 Å². The summed E-state index contributed by atoms with van der Waals surface area (Å²) >= 11 is 0. The van der Waals surface area contributed by atoms with Crippen molar-refractivity contribution in [2.45, 2.75) is 26.7 Å². The molecule has 2 aromatic rings. The average molecular weight is 366 g/mol. The maximum absolute atomic E-state index is 12.8. The Morgan fingerprint density at radius 2 is 1.59 bits per heavy atom. The highest BCUT2D eigenvalue weighted by atomic mass is 16.5. The van der Waals surface area contributed by atoms with Gasteiger partial charge in [-0.1, -0.05) is 18.2 Å². The third-order valence-electron chi connectivity index (χ3n) is 4.96. The Hall–Kier alpha value is -3.15. The number of benzene rings is 2. The minimum Gasteiger partial charge on any atom is -0.465 e. The lowest BCUT2D eigenvalue weighted by Gasteiger charge is -2.17. The molecule has 1 aliphatic rings. The number of carbonyl (C=O) groups is 3. The fourth-order valence-electron chi connectivity index (χ4n) is 2.87. The average Bonchev–Trinajstić information content (AvgIpc) is 3.47. The molecular formula is C21H22N2O4. The Kier molecular flexibility index (Phi) is 4.99. The number of hydrogen-bond acceptors (Lipinski definition) is 4. The van der Waals surface area contributed by atoms with Crippen molar-refractivity contribution in [2.75, 3.05) is 17.7 Å². The Morgan fingerprint density at radius 1 is 0.926 bits per heavy atom. The number of anilines is 2. The number of hydrogen-bond donors (Lipinski definition) is 2. The predicted molar refractivity (Wildman–Crippen MR) is 103 cm³/mol. The van der Waals surface area contributed by atoms with E-state index in [-0.39, 0.29) is 11.5 Å². The number of carbonyl (C=O) groups excluding carboxylic acids is 3. The lowest BCUT2D eigenvalue weighted by molar-refractivity contribution is -0.131. The number of rotatable bonds is 5. The van der Waals surface area contributed by atoms with E-state index in [1.807, 2.05) is 32.0 Å². The van der Waals surface area contributed by atoms with Crippen molar-refractivity contribution in [2.24, 2.45) is 5.41 Å². The van der Waals surface area contributed by atoms with Crippen LogP contribution in [0.1, 0.15) is 34.3 Å². The zero-order valence-corrected chi connectivity index (χ0v) is 15.6. The van der Waals surface area contributed by atoms with Gasteiger partial charge in [0, 0.05) is 5.69 Å². The largest absolute Gasteiger partial charge is 0.465 e. The van der Waals surface area contributed by atoms with E-state index in [2.05, 4.69) is 10.6 Å². The zero-order valence-electron chi connectivity index (χ0n) is 15.6. The Labute approximate surface area is 157 Å². The molecule has 0 radical (unpaired) electrons. The maximum atomic E-state index is 12.8. The molecule has 1 aliphatic carbocycles. The molecule has 6 heteroatoms. The second kappa shape index (κ2) is 7.23. The van der Waals surface area contributed by atoms with Crippen molar-refractivity contribution in [3.05, 3.63) is 59.2 Å². The van der Waals surface area contributed by atoms with E-state index in [9.17, 15) is 14.4 Å². The zero-order chi connectivity index (χ0) is 19.6. The minimum absolute atomic E-state index is 0.249. The van der Waals surface area contributed by atoms with Gasteiger partial charge in [0.2, 0.25) is 11.8 Å². The molecular weight excluding hydrogens is 344 g/mol. The Morgan fingerprint density at radius 3 is 2.22 bits per heavy atom. The summed E-state index contributed by atoms with van der Waals surface area (Å²) in [7, 11) is 1.28. The van der Waals surface area contributed by atoms with Gasteiger partial charge >= 0.3 is 5.97 Å². The quantitative estimate of drug-likeness (QED) is 0.627. The van der Waals surface area contributed by atoms with Crippen LogP contribution in [0.15, 0.2) is 42.5 Å². The molecule has 1 fully saturated rings. The highest BCUT2D eigenvalue weighted by molar-refractivity contribution is 6.17. The van der Waals surface area contributed by atoms with Crippen LogP contribution in [0.25, 0.3) is 0 Å². The fraction of sp³-hybridized carbons (Fsp3) is 0.286. The third kappa shape index (κ3) is 3.69. The Balaban J connectivity index is 1.76. The predicted octanol–water partition coefficient (Wildman–Crippen LogP) is 3.45. The second-order valence-electron chi connectivity index (χ2n) is 6.83. The number of amides is 2. The van der Waals surface area contributed by atoms with Gasteiger partial charge in [-0.2, -0.15) is 0 Å². The first-order valence-corrected chi connectivity index (χ1v) is 8.75. The van der Waals surface area contributed by atoms with Crippen LogP contribution in [0.4, 0.5) is 11.4 Å². The van der Waals surface area contributed by atoms with Crippen molar-refractivity contribution < 1.29 is 19.1 Å². The monoisotopic (exact) mass is 366 g/mol. The molecule has 0 unspecified atom stereocenters. The molecule has 0 heterocycles. The molecule has 6 nitrogen and oxygen atoms in total. The molecule has 2 N–H and O–H groups in total. The second-order valence-corrected chi connectivity index (χ2v) is 6.83. The number of methoxy groups -OCH3 is 1. The molecule has 0 atom stereocenters. The molecule has 0 bridgehead atoms. The molecule has 0 spiro atoms. The van der Waals surface area contributed by atoms with Crippen molar-refractivity contribution in [3.63, 3.8) is 0 Å². The van der Waals surface area contributed by atoms with E-state index in [4.69, 9.17) is 4.74 Å². The topological polar surface area (TPSA) is 84.5 Å². The van der Waals surface area contributed by atoms with Crippen LogP contribution in [0.2, 0.25) is 0 Å². The minimum atomic E-state index is -1.11.